The molecule has 0 aromatic heterocycles. The molecule has 728 valence electrons. The Bertz CT molecular complexity index is 3040. The highest BCUT2D eigenvalue weighted by atomic mass is 31.2. The van der Waals surface area contributed by atoms with Crippen molar-refractivity contribution in [1.29, 1.82) is 0 Å². The predicted octanol–water partition coefficient (Wildman–Crippen LogP) is 32.3. The maximum absolute atomic E-state index is 13.1. The molecule has 0 heterocycles. The van der Waals surface area contributed by atoms with Gasteiger partial charge in [-0.2, -0.15) is 0 Å². The molecule has 5 unspecified atom stereocenters. The Morgan fingerprint density at radius 2 is 0.417 bits per heavy atom. The van der Waals surface area contributed by atoms with E-state index in [1.807, 2.05) is 0 Å². The molecule has 0 spiro atoms. The minimum absolute atomic E-state index is 0.0799. The van der Waals surface area contributed by atoms with Gasteiger partial charge in [0.2, 0.25) is 0 Å². The van der Waals surface area contributed by atoms with E-state index in [1.165, 1.54) is 212 Å². The summed E-state index contributed by atoms with van der Waals surface area (Å²) in [6.07, 6.45) is 132. The van der Waals surface area contributed by atoms with E-state index in [9.17, 15) is 43.5 Å². The highest BCUT2D eigenvalue weighted by Crippen LogP contribution is 2.45. The lowest BCUT2D eigenvalue weighted by molar-refractivity contribution is -0.161. The molecule has 0 fully saturated rings. The molecule has 0 radical (unpaired) electrons. The first-order chi connectivity index (χ1) is 62.2. The minimum Gasteiger partial charge on any atom is -0.463 e. The van der Waals surface area contributed by atoms with Crippen LogP contribution in [0.4, 0.5) is 0 Å². The van der Waals surface area contributed by atoms with Gasteiger partial charge < -0.3 is 34.2 Å². The third-order valence-corrected chi connectivity index (χ3v) is 23.5. The second kappa shape index (κ2) is 99.7. The Morgan fingerprint density at radius 3 is 0.661 bits per heavy atom. The summed E-state index contributed by atoms with van der Waals surface area (Å²) in [6.45, 7) is 2.47. The van der Waals surface area contributed by atoms with Gasteiger partial charge >= 0.3 is 33.6 Å². The number of phosphoric acid groups is 2. The number of aliphatic hydroxyl groups excluding tert-OH is 2. The van der Waals surface area contributed by atoms with Crippen LogP contribution in [0, 0.1) is 0 Å². The average molecular weight is 1810 g/mol. The fourth-order valence-electron chi connectivity index (χ4n) is 13.9. The molecule has 0 saturated carbocycles. The van der Waals surface area contributed by atoms with Crippen LogP contribution in [0.5, 0.6) is 0 Å². The predicted molar refractivity (Wildman–Crippen MR) is 537 cm³/mol. The van der Waals surface area contributed by atoms with Gasteiger partial charge in [-0.05, 0) is 161 Å². The number of hydrogen-bond acceptors (Lipinski definition) is 14. The molecule has 127 heavy (non-hydrogen) atoms. The first-order valence-corrected chi connectivity index (χ1v) is 54.1. The summed E-state index contributed by atoms with van der Waals surface area (Å²) < 4.78 is 61.6. The molecule has 0 aliphatic carbocycles. The summed E-state index contributed by atoms with van der Waals surface area (Å²) in [7, 11) is -9.82. The largest absolute Gasteiger partial charge is 0.472 e. The number of unbranched alkanes of at least 4 members (excludes halogenated alkanes) is 43. The molecule has 0 saturated heterocycles. The highest BCUT2D eigenvalue weighted by molar-refractivity contribution is 7.47. The number of carbonyl (C=O) groups is 3. The van der Waals surface area contributed by atoms with Crippen molar-refractivity contribution in [3.05, 3.63) is 182 Å². The molecule has 0 amide bonds. The average Bonchev–Trinajstić information content (AvgIpc) is 0.893. The SMILES string of the molecule is CC/C=C\C/C=C\C/C=C\C/C=C\C/C=C\C/C=C\CCCCCCCCCCCCCCCCCCC(=O)OCC(O)COP(=O)(O)OCC(O)COP(=O)(O)OCC(COC(=O)CCCCCCCCCCCCCCCCCCCCC/C=C\C/C=C\C/C=C\C/C=C\CCCCC)OC(=O)CCCCCCC/C=C\C/C=C\C/C=C\C/C=C\C/C=C\CC. The standard InChI is InChI=1S/C109H186O16P2/c1-4-7-10-13-16-19-22-25-28-31-34-37-39-41-43-45-47-49-51-53-55-57-59-61-63-66-68-71-74-77-80-83-86-89-92-95-107(112)119-98-104(110)99-121-126(115,116)122-100-105(111)101-123-127(117,118)124-103-106(125-109(114)97-94-91-88-85-82-79-76-73-70-65-36-33-30-27-24-21-18-15-12-9-6-3)102-120-108(113)96-93-90-87-84-81-78-75-72-69-67-64-62-60-58-56-54-52-50-48-46-44-42-40-38-35-32-29-26-23-20-17-14-11-8-5-2/h7,9-10,12,16-21,25-30,34-38,41-44,47,49,65,73,76,104-106,110-111H,4-6,8,11,13-15,22-24,31-33,39-40,45-46,48,50-64,66-72,74-75,77-103H2,1-3H3,(H,115,116)(H,117,118)/b10-7-,12-9-,19-16-,20-17-,21-18-,28-25-,29-26-,30-27-,37-34-,38-35-,43-41-,44-42-,49-47-,65-36-,76-73-. The van der Waals surface area contributed by atoms with Gasteiger partial charge in [0.15, 0.2) is 6.10 Å². The monoisotopic (exact) mass is 1810 g/mol. The number of carbonyl (C=O) groups excluding carboxylic acids is 3. The molecule has 5 atom stereocenters. The van der Waals surface area contributed by atoms with E-state index < -0.39 is 91.5 Å². The van der Waals surface area contributed by atoms with E-state index in [2.05, 4.69) is 203 Å². The van der Waals surface area contributed by atoms with Gasteiger partial charge in [-0.25, -0.2) is 9.13 Å². The molecular weight excluding hydrogens is 1630 g/mol. The number of rotatable bonds is 96. The minimum atomic E-state index is -4.95. The zero-order valence-corrected chi connectivity index (χ0v) is 82.4. The molecule has 0 aromatic carbocycles. The van der Waals surface area contributed by atoms with Crippen molar-refractivity contribution in [2.24, 2.45) is 0 Å². The van der Waals surface area contributed by atoms with Crippen molar-refractivity contribution in [2.45, 2.75) is 450 Å². The van der Waals surface area contributed by atoms with E-state index >= 15 is 0 Å². The zero-order valence-electron chi connectivity index (χ0n) is 80.6. The van der Waals surface area contributed by atoms with E-state index in [0.29, 0.717) is 19.3 Å². The summed E-state index contributed by atoms with van der Waals surface area (Å²) >= 11 is 0. The Morgan fingerprint density at radius 1 is 0.228 bits per heavy atom. The highest BCUT2D eigenvalue weighted by Gasteiger charge is 2.30. The van der Waals surface area contributed by atoms with Gasteiger partial charge in [0.05, 0.1) is 26.4 Å². The van der Waals surface area contributed by atoms with Crippen molar-refractivity contribution in [3.63, 3.8) is 0 Å². The van der Waals surface area contributed by atoms with Gasteiger partial charge in [-0.3, -0.25) is 32.5 Å². The topological polar surface area (TPSA) is 231 Å². The number of ether oxygens (including phenoxy) is 3. The van der Waals surface area contributed by atoms with Crippen LogP contribution in [0.1, 0.15) is 432 Å². The van der Waals surface area contributed by atoms with E-state index in [4.69, 9.17) is 32.3 Å². The second-order valence-corrected chi connectivity index (χ2v) is 36.8. The summed E-state index contributed by atoms with van der Waals surface area (Å²) in [4.78, 5) is 59.2. The van der Waals surface area contributed by atoms with Crippen LogP contribution >= 0.6 is 15.6 Å². The maximum Gasteiger partial charge on any atom is 0.472 e. The number of aliphatic hydroxyl groups is 2. The normalized spacial score (nSPS) is 14.4. The molecular formula is C109H186O16P2. The van der Waals surface area contributed by atoms with E-state index in [0.717, 1.165) is 161 Å². The molecule has 0 bridgehead atoms. The fraction of sp³-hybridized carbons (Fsp3) is 0.697. The summed E-state index contributed by atoms with van der Waals surface area (Å²) in [5, 5.41) is 20.8. The summed E-state index contributed by atoms with van der Waals surface area (Å²) in [5.41, 5.74) is 0. The third-order valence-electron chi connectivity index (χ3n) is 21.6. The summed E-state index contributed by atoms with van der Waals surface area (Å²) in [5.74, 6) is -1.58. The van der Waals surface area contributed by atoms with Crippen molar-refractivity contribution < 1.29 is 75.8 Å². The Kier molecular flexibility index (Phi) is 95.5. The van der Waals surface area contributed by atoms with Crippen LogP contribution < -0.4 is 0 Å². The third kappa shape index (κ3) is 101. The lowest BCUT2D eigenvalue weighted by Gasteiger charge is -2.21. The molecule has 0 aliphatic heterocycles. The lowest BCUT2D eigenvalue weighted by Crippen LogP contribution is -2.30. The van der Waals surface area contributed by atoms with Gasteiger partial charge in [0.25, 0.3) is 0 Å². The molecule has 0 rings (SSSR count). The Hall–Kier alpha value is -5.35. The number of hydrogen-bond donors (Lipinski definition) is 4. The van der Waals surface area contributed by atoms with Crippen molar-refractivity contribution in [2.75, 3.05) is 39.6 Å². The van der Waals surface area contributed by atoms with E-state index in [-0.39, 0.29) is 19.3 Å². The Balaban J connectivity index is 4.53. The first kappa shape index (κ1) is 122. The smallest absolute Gasteiger partial charge is 0.463 e. The number of esters is 3. The first-order valence-electron chi connectivity index (χ1n) is 51.1. The van der Waals surface area contributed by atoms with Crippen molar-refractivity contribution >= 4 is 33.6 Å². The van der Waals surface area contributed by atoms with Crippen molar-refractivity contribution in [3.8, 4) is 0 Å². The van der Waals surface area contributed by atoms with Crippen LogP contribution in [-0.4, -0.2) is 95.9 Å². The van der Waals surface area contributed by atoms with Crippen LogP contribution in [-0.2, 0) is 55.8 Å². The van der Waals surface area contributed by atoms with Gasteiger partial charge in [-0.1, -0.05) is 434 Å². The zero-order chi connectivity index (χ0) is 92.1. The molecule has 0 aliphatic rings. The van der Waals surface area contributed by atoms with E-state index in [1.54, 1.807) is 0 Å². The molecule has 16 nitrogen and oxygen atoms in total. The molecule has 4 N–H and O–H groups in total. The second-order valence-electron chi connectivity index (χ2n) is 33.9. The quantitative estimate of drug-likeness (QED) is 0.0146. The van der Waals surface area contributed by atoms with Crippen LogP contribution in [0.25, 0.3) is 0 Å². The number of phosphoric ester groups is 2. The van der Waals surface area contributed by atoms with Gasteiger partial charge in [0, 0.05) is 19.3 Å². The van der Waals surface area contributed by atoms with Crippen LogP contribution in [0.3, 0.4) is 0 Å². The van der Waals surface area contributed by atoms with Crippen LogP contribution in [0.15, 0.2) is 182 Å². The van der Waals surface area contributed by atoms with Crippen LogP contribution in [0.2, 0.25) is 0 Å². The van der Waals surface area contributed by atoms with Crippen molar-refractivity contribution in [1.82, 2.24) is 0 Å². The Labute approximate surface area is 776 Å². The lowest BCUT2D eigenvalue weighted by atomic mass is 10.0. The summed E-state index contributed by atoms with van der Waals surface area (Å²) in [6, 6.07) is 0. The maximum atomic E-state index is 13.1. The van der Waals surface area contributed by atoms with Gasteiger partial charge in [-0.15, -0.1) is 0 Å². The fourth-order valence-corrected chi connectivity index (χ4v) is 15.5. The van der Waals surface area contributed by atoms with Gasteiger partial charge in [0.1, 0.15) is 25.4 Å². The molecule has 0 aromatic rings. The molecule has 18 heteroatoms. The number of allylic oxidation sites excluding steroid dienone is 30.